The first-order chi connectivity index (χ1) is 8.35. The average molecular weight is 234 g/mol. The van der Waals surface area contributed by atoms with Crippen LogP contribution in [0.3, 0.4) is 0 Å². The Hall–Kier alpha value is -2.21. The fraction of sp³-hybridized carbons (Fsp3) is 0.182. The summed E-state index contributed by atoms with van der Waals surface area (Å²) < 4.78 is 20.9. The molecule has 0 atom stereocenters. The van der Waals surface area contributed by atoms with Gasteiger partial charge in [-0.1, -0.05) is 0 Å². The van der Waals surface area contributed by atoms with Crippen LogP contribution in [0.2, 0.25) is 0 Å². The maximum absolute atomic E-state index is 5.42. The molecule has 0 aliphatic carbocycles. The predicted octanol–water partition coefficient (Wildman–Crippen LogP) is 1.65. The lowest BCUT2D eigenvalue weighted by atomic mass is 10.3. The Bertz CT molecular complexity index is 538. The van der Waals surface area contributed by atoms with Gasteiger partial charge in [-0.15, -0.1) is 0 Å². The molecule has 0 bridgehead atoms. The smallest absolute Gasteiger partial charge is 0.399 e. The molecule has 0 radical (unpaired) electrons. The minimum Gasteiger partial charge on any atom is -0.454 e. The van der Waals surface area contributed by atoms with Gasteiger partial charge in [0.05, 0.1) is 5.69 Å². The number of aromatic nitrogens is 1. The van der Waals surface area contributed by atoms with Crippen molar-refractivity contribution >= 4 is 0 Å². The monoisotopic (exact) mass is 234 g/mol. The van der Waals surface area contributed by atoms with E-state index in [9.17, 15) is 0 Å². The third-order valence-electron chi connectivity index (χ3n) is 2.29. The summed E-state index contributed by atoms with van der Waals surface area (Å²) in [4.78, 5) is 4.03. The van der Waals surface area contributed by atoms with Crippen molar-refractivity contribution in [2.75, 3.05) is 6.79 Å². The Morgan fingerprint density at radius 3 is 3.00 bits per heavy atom. The molecule has 2 N–H and O–H groups in total. The van der Waals surface area contributed by atoms with Crippen LogP contribution in [0.4, 0.5) is 0 Å². The summed E-state index contributed by atoms with van der Waals surface area (Å²) in [5.41, 5.74) is 6.06. The maximum atomic E-state index is 5.42. The third kappa shape index (κ3) is 1.90. The fourth-order valence-electron chi connectivity index (χ4n) is 1.47. The molecule has 0 spiro atoms. The number of benzene rings is 1. The number of oxazole rings is 1. The minimum absolute atomic E-state index is 0.157. The van der Waals surface area contributed by atoms with E-state index in [1.54, 1.807) is 18.2 Å². The molecule has 1 aliphatic heterocycles. The highest BCUT2D eigenvalue weighted by Crippen LogP contribution is 2.36. The van der Waals surface area contributed by atoms with Crippen LogP contribution >= 0.6 is 0 Å². The van der Waals surface area contributed by atoms with E-state index in [0.717, 1.165) is 0 Å². The van der Waals surface area contributed by atoms with Gasteiger partial charge in [-0.25, -0.2) is 0 Å². The molecule has 17 heavy (non-hydrogen) atoms. The first kappa shape index (κ1) is 9.98. The third-order valence-corrected chi connectivity index (χ3v) is 2.29. The lowest BCUT2D eigenvalue weighted by Crippen LogP contribution is -1.95. The summed E-state index contributed by atoms with van der Waals surface area (Å²) in [7, 11) is 0. The Kier molecular flexibility index (Phi) is 2.34. The molecular weight excluding hydrogens is 224 g/mol. The van der Waals surface area contributed by atoms with E-state index in [-0.39, 0.29) is 12.9 Å². The van der Waals surface area contributed by atoms with Gasteiger partial charge in [0.2, 0.25) is 6.79 Å². The number of nitrogens with two attached hydrogens (primary N) is 1. The number of rotatable bonds is 3. The van der Waals surface area contributed by atoms with Crippen LogP contribution < -0.4 is 19.9 Å². The molecule has 3 rings (SSSR count). The van der Waals surface area contributed by atoms with Gasteiger partial charge in [0.1, 0.15) is 12.0 Å². The number of hydrogen-bond acceptors (Lipinski definition) is 6. The molecule has 6 heteroatoms. The van der Waals surface area contributed by atoms with Gasteiger partial charge in [-0.05, 0) is 12.1 Å². The van der Waals surface area contributed by atoms with Gasteiger partial charge < -0.3 is 24.4 Å². The van der Waals surface area contributed by atoms with Gasteiger partial charge in [-0.2, -0.15) is 4.98 Å². The summed E-state index contributed by atoms with van der Waals surface area (Å²) in [6, 6.07) is 5.24. The molecule has 1 aromatic carbocycles. The Morgan fingerprint density at radius 1 is 1.29 bits per heavy atom. The van der Waals surface area contributed by atoms with Crippen LogP contribution in [-0.4, -0.2) is 11.8 Å². The normalized spacial score (nSPS) is 12.8. The summed E-state index contributed by atoms with van der Waals surface area (Å²) in [6.07, 6.45) is 1.62. The zero-order valence-electron chi connectivity index (χ0n) is 8.88. The van der Waals surface area contributed by atoms with E-state index in [4.69, 9.17) is 24.4 Å². The highest BCUT2D eigenvalue weighted by molar-refractivity contribution is 5.47. The highest BCUT2D eigenvalue weighted by Gasteiger charge is 2.15. The molecule has 88 valence electrons. The van der Waals surface area contributed by atoms with E-state index in [1.807, 2.05) is 0 Å². The van der Waals surface area contributed by atoms with E-state index in [2.05, 4.69) is 4.98 Å². The molecule has 1 aliphatic rings. The first-order valence-electron chi connectivity index (χ1n) is 5.07. The van der Waals surface area contributed by atoms with Gasteiger partial charge in [0, 0.05) is 12.6 Å². The number of nitrogens with zero attached hydrogens (tertiary/aromatic N) is 1. The van der Waals surface area contributed by atoms with Crippen molar-refractivity contribution in [1.29, 1.82) is 0 Å². The van der Waals surface area contributed by atoms with Crippen molar-refractivity contribution in [1.82, 2.24) is 4.98 Å². The summed E-state index contributed by atoms with van der Waals surface area (Å²) >= 11 is 0. The molecule has 1 aromatic heterocycles. The molecule has 0 unspecified atom stereocenters. The molecule has 0 saturated heterocycles. The zero-order valence-corrected chi connectivity index (χ0v) is 8.88. The van der Waals surface area contributed by atoms with E-state index in [1.165, 1.54) is 6.26 Å². The highest BCUT2D eigenvalue weighted by atomic mass is 16.7. The Balaban J connectivity index is 1.80. The van der Waals surface area contributed by atoms with Crippen molar-refractivity contribution in [3.05, 3.63) is 30.2 Å². The second-order valence-corrected chi connectivity index (χ2v) is 3.43. The molecule has 0 amide bonds. The van der Waals surface area contributed by atoms with Crippen molar-refractivity contribution in [2.24, 2.45) is 5.73 Å². The average Bonchev–Trinajstić information content (AvgIpc) is 2.96. The number of ether oxygens (including phenoxy) is 3. The molecule has 0 fully saturated rings. The molecule has 2 heterocycles. The van der Waals surface area contributed by atoms with Crippen LogP contribution in [0.1, 0.15) is 5.69 Å². The van der Waals surface area contributed by atoms with E-state index < -0.39 is 0 Å². The topological polar surface area (TPSA) is 79.7 Å². The largest absolute Gasteiger partial charge is 0.454 e. The predicted molar refractivity (Wildman–Crippen MR) is 57.0 cm³/mol. The van der Waals surface area contributed by atoms with Gasteiger partial charge in [-0.3, -0.25) is 0 Å². The second-order valence-electron chi connectivity index (χ2n) is 3.43. The molecule has 0 saturated carbocycles. The lowest BCUT2D eigenvalue weighted by molar-refractivity contribution is 0.174. The SMILES string of the molecule is NCc1coc(Oc2ccc3c(c2)OCO3)n1. The van der Waals surface area contributed by atoms with Gasteiger partial charge in [0.25, 0.3) is 0 Å². The Labute approximate surface area is 96.9 Å². The first-order valence-corrected chi connectivity index (χ1v) is 5.07. The van der Waals surface area contributed by atoms with Crippen molar-refractivity contribution in [2.45, 2.75) is 6.54 Å². The number of fused-ring (bicyclic) bond motifs is 1. The molecular formula is C11H10N2O4. The van der Waals surface area contributed by atoms with Crippen molar-refractivity contribution in [3.8, 4) is 23.3 Å². The van der Waals surface area contributed by atoms with Crippen LogP contribution in [0, 0.1) is 0 Å². The van der Waals surface area contributed by atoms with Crippen LogP contribution in [0.5, 0.6) is 23.3 Å². The Morgan fingerprint density at radius 2 is 2.18 bits per heavy atom. The van der Waals surface area contributed by atoms with E-state index in [0.29, 0.717) is 29.5 Å². The van der Waals surface area contributed by atoms with Crippen LogP contribution in [-0.2, 0) is 6.54 Å². The lowest BCUT2D eigenvalue weighted by Gasteiger charge is -2.01. The van der Waals surface area contributed by atoms with Gasteiger partial charge in [0.15, 0.2) is 11.5 Å². The van der Waals surface area contributed by atoms with Crippen molar-refractivity contribution < 1.29 is 18.6 Å². The van der Waals surface area contributed by atoms with Crippen LogP contribution in [0.15, 0.2) is 28.9 Å². The quantitative estimate of drug-likeness (QED) is 0.869. The fourth-order valence-corrected chi connectivity index (χ4v) is 1.47. The second kappa shape index (κ2) is 3.99. The van der Waals surface area contributed by atoms with Gasteiger partial charge >= 0.3 is 6.08 Å². The standard InChI is InChI=1S/C11H10N2O4/c12-4-7-5-14-11(13-7)17-8-1-2-9-10(3-8)16-6-15-9/h1-3,5H,4,6,12H2. The summed E-state index contributed by atoms with van der Waals surface area (Å²) in [6.45, 7) is 0.545. The van der Waals surface area contributed by atoms with E-state index >= 15 is 0 Å². The zero-order chi connectivity index (χ0) is 11.7. The maximum Gasteiger partial charge on any atom is 0.399 e. The molecule has 2 aromatic rings. The molecule has 6 nitrogen and oxygen atoms in total. The van der Waals surface area contributed by atoms with Crippen LogP contribution in [0.25, 0.3) is 0 Å². The summed E-state index contributed by atoms with van der Waals surface area (Å²) in [5.74, 6) is 1.92. The van der Waals surface area contributed by atoms with Crippen molar-refractivity contribution in [3.63, 3.8) is 0 Å². The minimum atomic E-state index is 0.157. The number of hydrogen-bond donors (Lipinski definition) is 1. The summed E-state index contributed by atoms with van der Waals surface area (Å²) in [5, 5.41) is 0.